The zero-order valence-corrected chi connectivity index (χ0v) is 28.5. The van der Waals surface area contributed by atoms with Gasteiger partial charge in [0.05, 0.1) is 40.0 Å². The maximum absolute atomic E-state index is 12.8. The van der Waals surface area contributed by atoms with Crippen molar-refractivity contribution in [2.75, 3.05) is 0 Å². The molecular weight excluding hydrogens is 844 g/mol. The first-order chi connectivity index (χ1) is 21.6. The number of hydrogen-bond donors (Lipinski definition) is 1. The van der Waals surface area contributed by atoms with Crippen LogP contribution in [0.3, 0.4) is 0 Å². The molecule has 47 heavy (non-hydrogen) atoms. The minimum absolute atomic E-state index is 0.0359. The van der Waals surface area contributed by atoms with Crippen LogP contribution in [0.2, 0.25) is 15.2 Å². The number of benzene rings is 2. The lowest BCUT2D eigenvalue weighted by Crippen LogP contribution is -2.06. The van der Waals surface area contributed by atoms with Crippen molar-refractivity contribution in [3.8, 4) is 17.4 Å². The normalized spacial score (nSPS) is 11.1. The van der Waals surface area contributed by atoms with E-state index in [1.165, 1.54) is 13.0 Å². The molecule has 0 unspecified atom stereocenters. The highest BCUT2D eigenvalue weighted by atomic mass is 79.9. The quantitative estimate of drug-likeness (QED) is 0.0925. The minimum atomic E-state index is -4.63. The number of nitrogens with zero attached hydrogens (tertiary/aromatic N) is 4. The summed E-state index contributed by atoms with van der Waals surface area (Å²) in [6, 6.07) is 5.70. The number of pyridine rings is 2. The second-order valence-corrected chi connectivity index (χ2v) is 11.4. The van der Waals surface area contributed by atoms with Gasteiger partial charge in [-0.15, -0.1) is 0 Å². The van der Waals surface area contributed by atoms with E-state index in [2.05, 4.69) is 41.8 Å². The molecule has 0 bridgehead atoms. The Morgan fingerprint density at radius 1 is 0.766 bits per heavy atom. The van der Waals surface area contributed by atoms with Crippen molar-refractivity contribution in [3.63, 3.8) is 0 Å². The van der Waals surface area contributed by atoms with Crippen LogP contribution < -0.4 is 4.74 Å². The predicted molar refractivity (Wildman–Crippen MR) is 166 cm³/mol. The number of nitro groups is 2. The molecule has 0 fully saturated rings. The Kier molecular flexibility index (Phi) is 13.6. The van der Waals surface area contributed by atoms with Gasteiger partial charge in [-0.3, -0.25) is 20.2 Å². The molecule has 10 nitrogen and oxygen atoms in total. The summed E-state index contributed by atoms with van der Waals surface area (Å²) < 4.78 is 80.5. The lowest BCUT2D eigenvalue weighted by Gasteiger charge is -2.12. The molecule has 1 N–H and O–H groups in total. The van der Waals surface area contributed by atoms with Gasteiger partial charge in [-0.05, 0) is 82.1 Å². The van der Waals surface area contributed by atoms with Gasteiger partial charge >= 0.3 is 12.4 Å². The summed E-state index contributed by atoms with van der Waals surface area (Å²) in [5.74, 6) is -0.696. The zero-order chi connectivity index (χ0) is 36.0. The van der Waals surface area contributed by atoms with E-state index < -0.39 is 49.1 Å². The number of aromatic hydroxyl groups is 1. The lowest BCUT2D eigenvalue weighted by molar-refractivity contribution is -0.385. The highest BCUT2D eigenvalue weighted by Gasteiger charge is 2.34. The minimum Gasteiger partial charge on any atom is -0.508 e. The maximum atomic E-state index is 12.8. The largest absolute Gasteiger partial charge is 0.508 e. The Labute approximate surface area is 291 Å². The highest BCUT2D eigenvalue weighted by molar-refractivity contribution is 9.11. The number of hydrogen-bond acceptors (Lipinski definition) is 8. The van der Waals surface area contributed by atoms with E-state index in [0.29, 0.717) is 16.1 Å². The summed E-state index contributed by atoms with van der Waals surface area (Å²) in [6.07, 6.45) is -7.04. The van der Waals surface area contributed by atoms with Crippen LogP contribution in [0.25, 0.3) is 0 Å². The van der Waals surface area contributed by atoms with Crippen molar-refractivity contribution >= 4 is 78.0 Å². The van der Waals surface area contributed by atoms with Crippen LogP contribution in [0, 0.1) is 34.1 Å². The number of phenolic OH excluding ortho intramolecular Hbond substituents is 1. The molecule has 0 atom stereocenters. The summed E-state index contributed by atoms with van der Waals surface area (Å²) in [6.45, 7) is 3.07. The van der Waals surface area contributed by atoms with E-state index in [1.54, 1.807) is 6.92 Å². The summed E-state index contributed by atoms with van der Waals surface area (Å²) in [5, 5.41) is 29.3. The molecule has 2 aromatic carbocycles. The molecule has 252 valence electrons. The van der Waals surface area contributed by atoms with E-state index in [4.69, 9.17) is 44.6 Å². The Bertz CT molecular complexity index is 1820. The summed E-state index contributed by atoms with van der Waals surface area (Å²) in [7, 11) is 0. The summed E-state index contributed by atoms with van der Waals surface area (Å²) in [5.41, 5.74) is -1.62. The van der Waals surface area contributed by atoms with Gasteiger partial charge in [-0.2, -0.15) is 26.3 Å². The first kappa shape index (κ1) is 39.7. The predicted octanol–water partition coefficient (Wildman–Crippen LogP) is 11.3. The van der Waals surface area contributed by atoms with Gasteiger partial charge in [-0.25, -0.2) is 9.97 Å². The average molecular weight is 860 g/mol. The van der Waals surface area contributed by atoms with E-state index in [0.717, 1.165) is 36.7 Å². The molecule has 2 heterocycles. The van der Waals surface area contributed by atoms with Crippen molar-refractivity contribution in [1.29, 1.82) is 0 Å². The average Bonchev–Trinajstić information content (AvgIpc) is 2.95. The van der Waals surface area contributed by atoms with Crippen LogP contribution in [0.1, 0.15) is 22.3 Å². The molecule has 0 spiro atoms. The Hall–Kier alpha value is -3.45. The molecule has 0 aliphatic rings. The molecule has 0 saturated carbocycles. The Morgan fingerprint density at radius 3 is 1.68 bits per heavy atom. The SMILES string of the molecule is Cc1c([N+](=O)[O-])cnc(Cl)c1Br.Cc1c([N+](=O)[O-])cnc(Oc2ccc(Cl)c(C(F)(F)F)c2)c1Br.Oc1ccc(Cl)c(C(F)(F)F)c1. The standard InChI is InChI=1S/C13H7BrClF3N2O3.C7H4ClF3O.C6H4BrClN2O2/c1-6-10(20(21)22)5-19-12(11(6)14)23-7-2-3-9(15)8(4-7)13(16,17)18;8-6-2-1-4(12)3-5(6)7(9,10)11;1-3-4(10(11)12)2-9-6(8)5(3)7/h2-5H,1H3;1-3,12H;2H,1H3. The van der Waals surface area contributed by atoms with Gasteiger partial charge in [0.15, 0.2) is 0 Å². The summed E-state index contributed by atoms with van der Waals surface area (Å²) in [4.78, 5) is 27.4. The number of alkyl halides is 6. The molecule has 0 aliphatic heterocycles. The zero-order valence-electron chi connectivity index (χ0n) is 23.1. The number of halogens is 11. The third kappa shape index (κ3) is 10.8. The van der Waals surface area contributed by atoms with E-state index in [9.17, 15) is 46.6 Å². The molecule has 4 rings (SSSR count). The first-order valence-electron chi connectivity index (χ1n) is 11.9. The van der Waals surface area contributed by atoms with Crippen molar-refractivity contribution in [2.45, 2.75) is 26.2 Å². The smallest absolute Gasteiger partial charge is 0.417 e. The molecule has 4 aromatic rings. The Balaban J connectivity index is 0.000000270. The number of aromatic nitrogens is 2. The fourth-order valence-electron chi connectivity index (χ4n) is 3.15. The van der Waals surface area contributed by atoms with Gasteiger partial charge in [0.1, 0.15) is 29.0 Å². The van der Waals surface area contributed by atoms with Crippen molar-refractivity contribution in [2.24, 2.45) is 0 Å². The maximum Gasteiger partial charge on any atom is 0.417 e. The van der Waals surface area contributed by atoms with Gasteiger partial charge in [0.2, 0.25) is 5.88 Å². The second-order valence-electron chi connectivity index (χ2n) is 8.68. The molecule has 21 heteroatoms. The first-order valence-corrected chi connectivity index (χ1v) is 14.6. The van der Waals surface area contributed by atoms with Crippen molar-refractivity contribution in [1.82, 2.24) is 9.97 Å². The molecule has 0 saturated heterocycles. The number of phenols is 1. The van der Waals surface area contributed by atoms with Crippen LogP contribution in [0.15, 0.2) is 57.7 Å². The van der Waals surface area contributed by atoms with E-state index in [1.807, 2.05) is 0 Å². The second kappa shape index (κ2) is 16.1. The van der Waals surface area contributed by atoms with Crippen LogP contribution >= 0.6 is 66.7 Å². The summed E-state index contributed by atoms with van der Waals surface area (Å²) >= 11 is 22.6. The van der Waals surface area contributed by atoms with Gasteiger partial charge in [0.25, 0.3) is 11.4 Å². The fourth-order valence-corrected chi connectivity index (χ4v) is 4.48. The van der Waals surface area contributed by atoms with Crippen LogP contribution in [-0.2, 0) is 12.4 Å². The molecule has 0 amide bonds. The topological polar surface area (TPSA) is 142 Å². The molecular formula is C26H15Br2Cl3F6N4O6. The Morgan fingerprint density at radius 2 is 1.21 bits per heavy atom. The lowest BCUT2D eigenvalue weighted by atomic mass is 10.2. The van der Waals surface area contributed by atoms with Crippen molar-refractivity contribution < 1.29 is 46.0 Å². The molecule has 0 radical (unpaired) electrons. The number of rotatable bonds is 4. The van der Waals surface area contributed by atoms with Gasteiger partial charge < -0.3 is 9.84 Å². The van der Waals surface area contributed by atoms with Crippen LogP contribution in [0.4, 0.5) is 37.7 Å². The molecule has 2 aromatic heterocycles. The van der Waals surface area contributed by atoms with E-state index >= 15 is 0 Å². The van der Waals surface area contributed by atoms with Crippen LogP contribution in [0.5, 0.6) is 17.4 Å². The third-order valence-corrected chi connectivity index (χ3v) is 8.58. The van der Waals surface area contributed by atoms with E-state index in [-0.39, 0.29) is 38.2 Å². The molecule has 0 aliphatic carbocycles. The monoisotopic (exact) mass is 856 g/mol. The highest BCUT2D eigenvalue weighted by Crippen LogP contribution is 2.40. The fraction of sp³-hybridized carbons (Fsp3) is 0.154. The third-order valence-electron chi connectivity index (χ3n) is 5.51. The van der Waals surface area contributed by atoms with Crippen LogP contribution in [-0.4, -0.2) is 24.9 Å². The van der Waals surface area contributed by atoms with Crippen molar-refractivity contribution in [3.05, 3.63) is 115 Å². The van der Waals surface area contributed by atoms with Gasteiger partial charge in [-0.1, -0.05) is 34.8 Å². The number of ether oxygens (including phenoxy) is 1. The van der Waals surface area contributed by atoms with Gasteiger partial charge in [0, 0.05) is 11.1 Å².